The summed E-state index contributed by atoms with van der Waals surface area (Å²) in [6.07, 6.45) is -4.85. The Morgan fingerprint density at radius 3 is 2.62 bits per heavy atom. The van der Waals surface area contributed by atoms with Crippen LogP contribution in [0.1, 0.15) is 50.7 Å². The van der Waals surface area contributed by atoms with Crippen LogP contribution in [0.25, 0.3) is 11.0 Å². The number of aromatic nitrogens is 2. The van der Waals surface area contributed by atoms with Gasteiger partial charge in [0, 0.05) is 12.5 Å². The van der Waals surface area contributed by atoms with Gasteiger partial charge in [0.25, 0.3) is 0 Å². The largest absolute Gasteiger partial charge is 0.444 e. The van der Waals surface area contributed by atoms with E-state index in [2.05, 4.69) is 27.4 Å². The van der Waals surface area contributed by atoms with Gasteiger partial charge in [-0.15, -0.1) is 0 Å². The summed E-state index contributed by atoms with van der Waals surface area (Å²) in [5.41, 5.74) is 0.415. The fourth-order valence-electron chi connectivity index (χ4n) is 3.87. The van der Waals surface area contributed by atoms with Gasteiger partial charge in [0.05, 0.1) is 28.3 Å². The lowest BCUT2D eigenvalue weighted by atomic mass is 10.1. The second kappa shape index (κ2) is 8.24. The molecule has 178 valence electrons. The number of nitrogens with one attached hydrogen (secondary N) is 2. The summed E-state index contributed by atoms with van der Waals surface area (Å²) in [4.78, 5) is 34.5. The molecule has 2 N–H and O–H groups in total. The number of H-pyrrole nitrogens is 1. The van der Waals surface area contributed by atoms with E-state index >= 15 is 0 Å². The number of hydrogen-bond acceptors (Lipinski definition) is 4. The highest BCUT2D eigenvalue weighted by Gasteiger charge is 2.39. The molecule has 3 aromatic rings. The third-order valence-electron chi connectivity index (χ3n) is 5.34. The van der Waals surface area contributed by atoms with Crippen molar-refractivity contribution in [2.24, 2.45) is 0 Å². The zero-order valence-electron chi connectivity index (χ0n) is 19.0. The van der Waals surface area contributed by atoms with Crippen molar-refractivity contribution in [2.45, 2.75) is 58.0 Å². The number of ether oxygens (including phenoxy) is 1. The van der Waals surface area contributed by atoms with Gasteiger partial charge >= 0.3 is 12.3 Å². The van der Waals surface area contributed by atoms with E-state index in [0.29, 0.717) is 23.4 Å². The van der Waals surface area contributed by atoms with Crippen molar-refractivity contribution in [1.82, 2.24) is 15.3 Å². The Morgan fingerprint density at radius 1 is 1.24 bits per heavy atom. The molecular weight excluding hydrogens is 449 g/mol. The Hall–Kier alpha value is -3.74. The van der Waals surface area contributed by atoms with Gasteiger partial charge < -0.3 is 15.0 Å². The number of amides is 2. The number of carbonyl (C=O) groups excluding carboxylic acids is 2. The summed E-state index contributed by atoms with van der Waals surface area (Å²) in [5, 5.41) is 2.54. The van der Waals surface area contributed by atoms with Gasteiger partial charge in [-0.25, -0.2) is 9.78 Å². The summed E-state index contributed by atoms with van der Waals surface area (Å²) < 4.78 is 44.6. The molecule has 34 heavy (non-hydrogen) atoms. The fourth-order valence-corrected chi connectivity index (χ4v) is 3.87. The molecule has 0 fully saturated rings. The minimum atomic E-state index is -4.49. The molecule has 10 heteroatoms. The number of imidazole rings is 1. The zero-order chi connectivity index (χ0) is 24.8. The number of rotatable bonds is 3. The predicted octanol–water partition coefficient (Wildman–Crippen LogP) is 4.73. The topological polar surface area (TPSA) is 87.3 Å². The quantitative estimate of drug-likeness (QED) is 0.577. The van der Waals surface area contributed by atoms with E-state index in [1.54, 1.807) is 32.9 Å². The van der Waals surface area contributed by atoms with Gasteiger partial charge in [-0.3, -0.25) is 9.69 Å². The van der Waals surface area contributed by atoms with Crippen LogP contribution in [0, 0.1) is 12.1 Å². The van der Waals surface area contributed by atoms with Crippen molar-refractivity contribution in [3.8, 4) is 0 Å². The molecule has 7 nitrogen and oxygen atoms in total. The highest BCUT2D eigenvalue weighted by Crippen LogP contribution is 2.40. The van der Waals surface area contributed by atoms with Crippen LogP contribution < -0.4 is 10.2 Å². The first-order valence-corrected chi connectivity index (χ1v) is 10.6. The number of hydrogen-bond donors (Lipinski definition) is 2. The molecule has 4 rings (SSSR count). The molecule has 2 heterocycles. The Bertz CT molecular complexity index is 1250. The standard InChI is InChI=1S/C24H23F3N4O3/c1-13(28-22(33)34-23(2,3)4)21(32)31-18-8-6-5-7-14(18)11-19(31)20-29-16-10-9-15(24(25,26)27)12-17(16)30-20/h7-10,12-13,19H,11H2,1-4H3,(H,28,33)(H,29,30). The van der Waals surface area contributed by atoms with Gasteiger partial charge in [-0.1, -0.05) is 12.1 Å². The molecule has 1 aliphatic heterocycles. The number of aromatic amines is 1. The van der Waals surface area contributed by atoms with Gasteiger partial charge in [0.2, 0.25) is 5.91 Å². The minimum Gasteiger partial charge on any atom is -0.444 e. The molecule has 0 bridgehead atoms. The predicted molar refractivity (Wildman–Crippen MR) is 118 cm³/mol. The third kappa shape index (κ3) is 4.64. The number of carbonyl (C=O) groups is 2. The number of alkyl carbamates (subject to hydrolysis) is 1. The van der Waals surface area contributed by atoms with Crippen LogP contribution in [-0.2, 0) is 22.1 Å². The lowest BCUT2D eigenvalue weighted by Crippen LogP contribution is -2.48. The molecule has 2 amide bonds. The van der Waals surface area contributed by atoms with E-state index < -0.39 is 41.4 Å². The number of fused-ring (bicyclic) bond motifs is 2. The first kappa shape index (κ1) is 23.4. The molecule has 2 unspecified atom stereocenters. The molecular formula is C24H23F3N4O3. The summed E-state index contributed by atoms with van der Waals surface area (Å²) >= 11 is 0. The fraction of sp³-hybridized carbons (Fsp3) is 0.375. The Labute approximate surface area is 194 Å². The summed E-state index contributed by atoms with van der Waals surface area (Å²) in [7, 11) is 0. The summed E-state index contributed by atoms with van der Waals surface area (Å²) in [5.74, 6) is -0.0889. The average Bonchev–Trinajstić information content (AvgIpc) is 3.31. The van der Waals surface area contributed by atoms with E-state index in [0.717, 1.165) is 17.7 Å². The van der Waals surface area contributed by atoms with Crippen molar-refractivity contribution < 1.29 is 27.5 Å². The number of halogens is 3. The second-order valence-electron chi connectivity index (χ2n) is 9.14. The third-order valence-corrected chi connectivity index (χ3v) is 5.34. The van der Waals surface area contributed by atoms with E-state index in [-0.39, 0.29) is 5.52 Å². The van der Waals surface area contributed by atoms with Crippen LogP contribution in [0.2, 0.25) is 0 Å². The number of alkyl halides is 3. The molecule has 2 aromatic carbocycles. The first-order valence-electron chi connectivity index (χ1n) is 10.6. The van der Waals surface area contributed by atoms with Crippen LogP contribution in [-0.4, -0.2) is 33.6 Å². The van der Waals surface area contributed by atoms with Gasteiger partial charge in [-0.05, 0) is 57.5 Å². The monoisotopic (exact) mass is 472 g/mol. The maximum Gasteiger partial charge on any atom is 0.416 e. The van der Waals surface area contributed by atoms with Crippen LogP contribution in [0.5, 0.6) is 0 Å². The Kier molecular flexibility index (Phi) is 5.67. The summed E-state index contributed by atoms with van der Waals surface area (Å²) in [6, 6.07) is 10.7. The van der Waals surface area contributed by atoms with Crippen LogP contribution in [0.3, 0.4) is 0 Å². The molecule has 1 aliphatic rings. The van der Waals surface area contributed by atoms with E-state index in [4.69, 9.17) is 4.74 Å². The average molecular weight is 472 g/mol. The van der Waals surface area contributed by atoms with Crippen LogP contribution in [0.15, 0.2) is 30.3 Å². The minimum absolute atomic E-state index is 0.214. The SMILES string of the molecule is CC(NC(=O)OC(C)(C)C)C(=O)N1c2cc#ccc2CC1c1nc2ccc(C(F)(F)F)cc2[nH]1. The van der Waals surface area contributed by atoms with Crippen molar-refractivity contribution >= 4 is 28.7 Å². The Morgan fingerprint density at radius 2 is 1.94 bits per heavy atom. The molecule has 0 aliphatic carbocycles. The molecule has 0 saturated carbocycles. The molecule has 0 saturated heterocycles. The van der Waals surface area contributed by atoms with Gasteiger partial charge in [0.1, 0.15) is 17.5 Å². The first-order chi connectivity index (χ1) is 15.8. The van der Waals surface area contributed by atoms with Crippen molar-refractivity contribution in [1.29, 1.82) is 0 Å². The zero-order valence-corrected chi connectivity index (χ0v) is 19.0. The maximum absolute atomic E-state index is 13.4. The molecule has 2 atom stereocenters. The molecule has 1 aromatic heterocycles. The molecule has 0 radical (unpaired) electrons. The van der Waals surface area contributed by atoms with Gasteiger partial charge in [-0.2, -0.15) is 13.2 Å². The number of nitrogens with zero attached hydrogens (tertiary/aromatic N) is 2. The van der Waals surface area contributed by atoms with E-state index in [9.17, 15) is 22.8 Å². The van der Waals surface area contributed by atoms with Gasteiger partial charge in [0.15, 0.2) is 0 Å². The smallest absolute Gasteiger partial charge is 0.416 e. The number of anilines is 1. The lowest BCUT2D eigenvalue weighted by molar-refractivity contribution is -0.137. The van der Waals surface area contributed by atoms with E-state index in [1.165, 1.54) is 17.9 Å². The van der Waals surface area contributed by atoms with E-state index in [1.807, 2.05) is 0 Å². The van der Waals surface area contributed by atoms with Crippen LogP contribution >= 0.6 is 0 Å². The Balaban J connectivity index is 1.66. The molecule has 0 spiro atoms. The highest BCUT2D eigenvalue weighted by atomic mass is 19.4. The van der Waals surface area contributed by atoms with Crippen molar-refractivity contribution in [2.75, 3.05) is 4.90 Å². The second-order valence-corrected chi connectivity index (χ2v) is 9.14. The highest BCUT2D eigenvalue weighted by molar-refractivity contribution is 6.00. The maximum atomic E-state index is 13.4. The van der Waals surface area contributed by atoms with Crippen molar-refractivity contribution in [3.63, 3.8) is 0 Å². The summed E-state index contributed by atoms with van der Waals surface area (Å²) in [6.45, 7) is 6.67. The van der Waals surface area contributed by atoms with Crippen molar-refractivity contribution in [3.05, 3.63) is 59.4 Å². The normalized spacial score (nSPS) is 16.7. The lowest BCUT2D eigenvalue weighted by Gasteiger charge is -2.28. The van der Waals surface area contributed by atoms with Crippen LogP contribution in [0.4, 0.5) is 23.7 Å². The number of benzene rings is 1.